The highest BCUT2D eigenvalue weighted by Crippen LogP contribution is 2.52. The number of aryl methyl sites for hydroxylation is 2. The molecule has 0 aromatic heterocycles. The number of phenols is 1. The summed E-state index contributed by atoms with van der Waals surface area (Å²) in [5, 5.41) is 18.6. The first kappa shape index (κ1) is 15.6. The van der Waals surface area contributed by atoms with Gasteiger partial charge >= 0.3 is 12.4 Å². The van der Waals surface area contributed by atoms with Crippen LogP contribution in [0.25, 0.3) is 0 Å². The van der Waals surface area contributed by atoms with Gasteiger partial charge in [0.2, 0.25) is 0 Å². The van der Waals surface area contributed by atoms with Crippen molar-refractivity contribution in [2.75, 3.05) is 0 Å². The van der Waals surface area contributed by atoms with Crippen LogP contribution in [0, 0.1) is 13.8 Å². The van der Waals surface area contributed by atoms with E-state index in [1.165, 1.54) is 13.0 Å². The molecule has 0 atom stereocenters. The van der Waals surface area contributed by atoms with Gasteiger partial charge in [-0.3, -0.25) is 0 Å². The fourth-order valence-electron chi connectivity index (χ4n) is 1.70. The topological polar surface area (TPSA) is 40.5 Å². The van der Waals surface area contributed by atoms with Gasteiger partial charge in [0.25, 0.3) is 5.60 Å². The molecule has 0 saturated heterocycles. The van der Waals surface area contributed by atoms with Crippen LogP contribution in [-0.2, 0) is 5.60 Å². The predicted octanol–water partition coefficient (Wildman–Crippen LogP) is 3.32. The second-order valence-corrected chi connectivity index (χ2v) is 4.18. The SMILES string of the molecule is Cc1cc(C)c(O)c(C(O)(C(F)(F)F)C(F)(F)F)c1. The number of rotatable bonds is 1. The van der Waals surface area contributed by atoms with E-state index < -0.39 is 29.3 Å². The van der Waals surface area contributed by atoms with Crippen molar-refractivity contribution in [3.05, 3.63) is 28.8 Å². The van der Waals surface area contributed by atoms with Gasteiger partial charge in [0, 0.05) is 5.56 Å². The molecule has 0 fully saturated rings. The van der Waals surface area contributed by atoms with Crippen molar-refractivity contribution in [1.82, 2.24) is 0 Å². The molecule has 2 nitrogen and oxygen atoms in total. The fourth-order valence-corrected chi connectivity index (χ4v) is 1.70. The minimum atomic E-state index is -6.01. The van der Waals surface area contributed by atoms with Crippen molar-refractivity contribution in [2.24, 2.45) is 0 Å². The minimum absolute atomic E-state index is 0.0530. The normalized spacial score (nSPS) is 13.7. The van der Waals surface area contributed by atoms with Crippen LogP contribution < -0.4 is 0 Å². The molecule has 0 unspecified atom stereocenters. The van der Waals surface area contributed by atoms with E-state index in [1.807, 2.05) is 0 Å². The van der Waals surface area contributed by atoms with E-state index in [2.05, 4.69) is 0 Å². The molecule has 0 radical (unpaired) electrons. The third-order valence-electron chi connectivity index (χ3n) is 2.66. The van der Waals surface area contributed by atoms with Crippen LogP contribution >= 0.6 is 0 Å². The highest BCUT2D eigenvalue weighted by molar-refractivity contribution is 5.47. The summed E-state index contributed by atoms with van der Waals surface area (Å²) in [5.41, 5.74) is -6.87. The maximum absolute atomic E-state index is 12.6. The number of aliphatic hydroxyl groups is 1. The average Bonchev–Trinajstić information content (AvgIpc) is 2.18. The van der Waals surface area contributed by atoms with Gasteiger partial charge in [-0.05, 0) is 25.5 Å². The fraction of sp³-hybridized carbons (Fsp3) is 0.455. The Hall–Kier alpha value is -1.44. The van der Waals surface area contributed by atoms with Crippen molar-refractivity contribution < 1.29 is 36.6 Å². The third-order valence-corrected chi connectivity index (χ3v) is 2.66. The van der Waals surface area contributed by atoms with E-state index in [0.717, 1.165) is 6.92 Å². The van der Waals surface area contributed by atoms with Crippen LogP contribution in [0.5, 0.6) is 5.75 Å². The number of hydrogen-bond acceptors (Lipinski definition) is 2. The first-order valence-electron chi connectivity index (χ1n) is 4.99. The number of hydrogen-bond donors (Lipinski definition) is 2. The van der Waals surface area contributed by atoms with Crippen LogP contribution in [0.1, 0.15) is 16.7 Å². The Balaban J connectivity index is 3.71. The van der Waals surface area contributed by atoms with E-state index in [4.69, 9.17) is 0 Å². The summed E-state index contributed by atoms with van der Waals surface area (Å²) in [6.45, 7) is 2.39. The Kier molecular flexibility index (Phi) is 3.53. The second-order valence-electron chi connectivity index (χ2n) is 4.18. The van der Waals surface area contributed by atoms with Gasteiger partial charge in [-0.15, -0.1) is 0 Å². The maximum Gasteiger partial charge on any atom is 0.430 e. The monoisotopic (exact) mass is 288 g/mol. The standard InChI is InChI=1S/C11H10F6O2/c1-5-3-6(2)8(18)7(4-5)9(19,10(12,13)14)11(15,16)17/h3-4,18-19H,1-2H3. The van der Waals surface area contributed by atoms with Crippen molar-refractivity contribution >= 4 is 0 Å². The van der Waals surface area contributed by atoms with E-state index >= 15 is 0 Å². The molecule has 0 heterocycles. The van der Waals surface area contributed by atoms with Crippen molar-refractivity contribution in [1.29, 1.82) is 0 Å². The van der Waals surface area contributed by atoms with Crippen molar-refractivity contribution in [3.8, 4) is 5.75 Å². The Morgan fingerprint density at radius 3 is 1.68 bits per heavy atom. The van der Waals surface area contributed by atoms with Crippen LogP contribution in [-0.4, -0.2) is 22.6 Å². The highest BCUT2D eigenvalue weighted by Gasteiger charge is 2.72. The van der Waals surface area contributed by atoms with Gasteiger partial charge in [0.1, 0.15) is 5.75 Å². The molecular weight excluding hydrogens is 278 g/mol. The lowest BCUT2D eigenvalue weighted by Crippen LogP contribution is -2.54. The molecule has 0 saturated carbocycles. The lowest BCUT2D eigenvalue weighted by molar-refractivity contribution is -0.376. The van der Waals surface area contributed by atoms with E-state index in [0.29, 0.717) is 6.07 Å². The molecule has 1 aromatic rings. The van der Waals surface area contributed by atoms with E-state index in [-0.39, 0.29) is 11.1 Å². The summed E-state index contributed by atoms with van der Waals surface area (Å²) in [6, 6.07) is 1.66. The average molecular weight is 288 g/mol. The van der Waals surface area contributed by atoms with Gasteiger partial charge in [0.05, 0.1) is 0 Å². The molecule has 2 N–H and O–H groups in total. The lowest BCUT2D eigenvalue weighted by atomic mass is 9.88. The van der Waals surface area contributed by atoms with Crippen LogP contribution in [0.3, 0.4) is 0 Å². The van der Waals surface area contributed by atoms with Gasteiger partial charge < -0.3 is 10.2 Å². The van der Waals surface area contributed by atoms with Gasteiger partial charge in [-0.25, -0.2) is 0 Å². The van der Waals surface area contributed by atoms with Gasteiger partial charge in [-0.1, -0.05) is 11.6 Å². The van der Waals surface area contributed by atoms with Crippen LogP contribution in [0.15, 0.2) is 12.1 Å². The largest absolute Gasteiger partial charge is 0.507 e. The van der Waals surface area contributed by atoms with E-state index in [1.54, 1.807) is 0 Å². The molecule has 0 aliphatic carbocycles. The molecule has 108 valence electrons. The molecule has 0 aliphatic rings. The maximum atomic E-state index is 12.6. The number of halogens is 6. The Morgan fingerprint density at radius 1 is 0.895 bits per heavy atom. The first-order chi connectivity index (χ1) is 8.32. The summed E-state index contributed by atoms with van der Waals surface area (Å²) in [5.74, 6) is -1.23. The Bertz CT molecular complexity index is 475. The molecule has 0 aliphatic heterocycles. The summed E-state index contributed by atoms with van der Waals surface area (Å²) < 4.78 is 75.9. The van der Waals surface area contributed by atoms with Crippen molar-refractivity contribution in [2.45, 2.75) is 31.8 Å². The second kappa shape index (κ2) is 4.29. The van der Waals surface area contributed by atoms with E-state index in [9.17, 15) is 36.6 Å². The summed E-state index contributed by atoms with van der Waals surface area (Å²) in [7, 11) is 0. The summed E-state index contributed by atoms with van der Waals surface area (Å²) in [6.07, 6.45) is -12.0. The Labute approximate surface area is 104 Å². The molecule has 1 rings (SSSR count). The molecular formula is C11H10F6O2. The first-order valence-corrected chi connectivity index (χ1v) is 4.99. The summed E-state index contributed by atoms with van der Waals surface area (Å²) >= 11 is 0. The number of benzene rings is 1. The zero-order valence-corrected chi connectivity index (χ0v) is 9.82. The Morgan fingerprint density at radius 2 is 1.32 bits per heavy atom. The quantitative estimate of drug-likeness (QED) is 0.778. The molecule has 0 spiro atoms. The van der Waals surface area contributed by atoms with Gasteiger partial charge in [0.15, 0.2) is 0 Å². The smallest absolute Gasteiger partial charge is 0.430 e. The lowest BCUT2D eigenvalue weighted by Gasteiger charge is -2.33. The van der Waals surface area contributed by atoms with Gasteiger partial charge in [-0.2, -0.15) is 26.3 Å². The predicted molar refractivity (Wildman–Crippen MR) is 53.6 cm³/mol. The number of aromatic hydroxyl groups is 1. The molecule has 8 heteroatoms. The number of alkyl halides is 6. The molecule has 0 bridgehead atoms. The number of phenolic OH excluding ortho intramolecular Hbond substituents is 1. The molecule has 19 heavy (non-hydrogen) atoms. The molecule has 0 amide bonds. The van der Waals surface area contributed by atoms with Crippen LogP contribution in [0.4, 0.5) is 26.3 Å². The minimum Gasteiger partial charge on any atom is -0.507 e. The zero-order chi connectivity index (χ0) is 15.2. The third kappa shape index (κ3) is 2.36. The zero-order valence-electron chi connectivity index (χ0n) is 9.82. The van der Waals surface area contributed by atoms with Crippen molar-refractivity contribution in [3.63, 3.8) is 0 Å². The summed E-state index contributed by atoms with van der Waals surface area (Å²) in [4.78, 5) is 0. The van der Waals surface area contributed by atoms with Crippen LogP contribution in [0.2, 0.25) is 0 Å². The highest BCUT2D eigenvalue weighted by atomic mass is 19.4. The molecule has 1 aromatic carbocycles.